The first-order valence-electron chi connectivity index (χ1n) is 20.0. The van der Waals surface area contributed by atoms with Gasteiger partial charge in [0, 0.05) is 26.1 Å². The van der Waals surface area contributed by atoms with E-state index in [-0.39, 0.29) is 45.2 Å². The number of carbonyl (C=O) groups is 4. The van der Waals surface area contributed by atoms with Crippen molar-refractivity contribution in [3.63, 3.8) is 0 Å². The smallest absolute Gasteiger partial charge is 0.407 e. The quantitative estimate of drug-likeness (QED) is 0.101. The number of rotatable bonds is 26. The van der Waals surface area contributed by atoms with Crippen LogP contribution in [0.1, 0.15) is 59.2 Å². The third-order valence-corrected chi connectivity index (χ3v) is 9.70. The highest BCUT2D eigenvalue weighted by Gasteiger charge is 2.44. The summed E-state index contributed by atoms with van der Waals surface area (Å²) in [5, 5.41) is 18.8. The number of carbonyl (C=O) groups excluding carboxylic acids is 4. The van der Waals surface area contributed by atoms with Gasteiger partial charge >= 0.3 is 6.09 Å². The van der Waals surface area contributed by atoms with Gasteiger partial charge in [-0.1, -0.05) is 45.0 Å². The largest absolute Gasteiger partial charge is 0.444 e. The molecule has 1 aliphatic rings. The molecule has 4 N–H and O–H groups in total. The highest BCUT2D eigenvalue weighted by molar-refractivity contribution is 7.13. The van der Waals surface area contributed by atoms with Gasteiger partial charge in [-0.15, -0.1) is 11.3 Å². The van der Waals surface area contributed by atoms with Gasteiger partial charge in [-0.25, -0.2) is 9.78 Å². The Balaban J connectivity index is 1.22. The number of hydrogen-bond donors (Lipinski definition) is 4. The van der Waals surface area contributed by atoms with Crippen LogP contribution in [0.5, 0.6) is 0 Å². The van der Waals surface area contributed by atoms with Crippen LogP contribution < -0.4 is 16.0 Å². The molecule has 1 aromatic heterocycles. The second kappa shape index (κ2) is 25.8. The molecule has 3 rings (SSSR count). The van der Waals surface area contributed by atoms with Crippen LogP contribution in [0.25, 0.3) is 10.4 Å². The number of ether oxygens (including phenoxy) is 7. The number of benzene rings is 1. The number of aryl methyl sites for hydroxylation is 1. The van der Waals surface area contributed by atoms with Crippen LogP contribution in [0.2, 0.25) is 0 Å². The predicted molar refractivity (Wildman–Crippen MR) is 221 cm³/mol. The van der Waals surface area contributed by atoms with Crippen molar-refractivity contribution >= 4 is 35.2 Å². The van der Waals surface area contributed by atoms with Crippen LogP contribution in [-0.2, 0) is 54.1 Å². The number of hydrogen-bond acceptors (Lipinski definition) is 14. The lowest BCUT2D eigenvalue weighted by Crippen LogP contribution is -2.58. The summed E-state index contributed by atoms with van der Waals surface area (Å²) in [4.78, 5) is 58.4. The first kappa shape index (κ1) is 49.6. The molecule has 0 saturated carbocycles. The van der Waals surface area contributed by atoms with Crippen molar-refractivity contribution in [2.75, 3.05) is 92.4 Å². The lowest BCUT2D eigenvalue weighted by Gasteiger charge is -2.35. The van der Waals surface area contributed by atoms with Gasteiger partial charge in [0.1, 0.15) is 24.3 Å². The lowest BCUT2D eigenvalue weighted by molar-refractivity contribution is -0.144. The van der Waals surface area contributed by atoms with Gasteiger partial charge in [0.25, 0.3) is 0 Å². The van der Waals surface area contributed by atoms with Crippen LogP contribution >= 0.6 is 11.3 Å². The van der Waals surface area contributed by atoms with Crippen molar-refractivity contribution in [2.45, 2.75) is 85.2 Å². The average Bonchev–Trinajstić information content (AvgIpc) is 3.79. The molecular weight excluding hydrogens is 787 g/mol. The SMILES string of the molecule is Cc1ncsc1-c1ccc(CNC(=O)[C@@H]2C[C@@H](O)CN2C(=O)[C@@H](NC(=O)COCCOCCOCCOCCOCCOCCNC(=O)OC(C)(C)C)C(C)(C)C)cc1. The molecule has 4 amide bonds. The molecule has 59 heavy (non-hydrogen) atoms. The number of likely N-dealkylation sites (tertiary alicyclic amines) is 1. The molecule has 2 heterocycles. The maximum atomic E-state index is 13.8. The molecule has 0 radical (unpaired) electrons. The highest BCUT2D eigenvalue weighted by Crippen LogP contribution is 2.28. The number of nitrogens with zero attached hydrogens (tertiary/aromatic N) is 2. The fraction of sp³-hybridized carbons (Fsp3) is 0.683. The summed E-state index contributed by atoms with van der Waals surface area (Å²) in [6, 6.07) is 6.01. The molecule has 0 bridgehead atoms. The Labute approximate surface area is 352 Å². The Kier molecular flexibility index (Phi) is 21.7. The number of aliphatic hydroxyl groups excluding tert-OH is 1. The summed E-state index contributed by atoms with van der Waals surface area (Å²) in [5.41, 5.74) is 3.48. The third kappa shape index (κ3) is 19.5. The van der Waals surface area contributed by atoms with Gasteiger partial charge < -0.3 is 59.1 Å². The van der Waals surface area contributed by atoms with Crippen molar-refractivity contribution in [3.05, 3.63) is 41.0 Å². The Morgan fingerprint density at radius 2 is 1.36 bits per heavy atom. The highest BCUT2D eigenvalue weighted by atomic mass is 32.1. The maximum absolute atomic E-state index is 13.8. The lowest BCUT2D eigenvalue weighted by atomic mass is 9.85. The number of nitrogens with one attached hydrogen (secondary N) is 3. The number of aromatic nitrogens is 1. The molecule has 0 aliphatic carbocycles. The Morgan fingerprint density at radius 3 is 1.86 bits per heavy atom. The molecule has 3 atom stereocenters. The van der Waals surface area contributed by atoms with Crippen molar-refractivity contribution < 1.29 is 57.4 Å². The molecule has 332 valence electrons. The zero-order chi connectivity index (χ0) is 43.3. The zero-order valence-electron chi connectivity index (χ0n) is 35.7. The van der Waals surface area contributed by atoms with Crippen LogP contribution in [0.3, 0.4) is 0 Å². The Bertz CT molecular complexity index is 1560. The van der Waals surface area contributed by atoms with Gasteiger partial charge in [-0.3, -0.25) is 14.4 Å². The van der Waals surface area contributed by atoms with Crippen LogP contribution in [0.4, 0.5) is 4.79 Å². The van der Waals surface area contributed by atoms with Crippen LogP contribution in [-0.4, -0.2) is 155 Å². The van der Waals surface area contributed by atoms with Gasteiger partial charge in [0.2, 0.25) is 17.7 Å². The van der Waals surface area contributed by atoms with E-state index >= 15 is 0 Å². The first-order valence-corrected chi connectivity index (χ1v) is 20.9. The molecule has 1 fully saturated rings. The minimum atomic E-state index is -0.959. The normalized spacial score (nSPS) is 16.2. The number of alkyl carbamates (subject to hydrolysis) is 1. The molecular formula is C41H65N5O12S. The summed E-state index contributed by atoms with van der Waals surface area (Å²) in [7, 11) is 0. The predicted octanol–water partition coefficient (Wildman–Crippen LogP) is 2.85. The van der Waals surface area contributed by atoms with E-state index in [9.17, 15) is 24.3 Å². The number of amides is 4. The van der Waals surface area contributed by atoms with Gasteiger partial charge in [0.15, 0.2) is 0 Å². The third-order valence-electron chi connectivity index (χ3n) is 8.72. The molecule has 0 spiro atoms. The topological polar surface area (TPSA) is 205 Å². The minimum Gasteiger partial charge on any atom is -0.444 e. The van der Waals surface area contributed by atoms with Crippen LogP contribution in [0.15, 0.2) is 29.8 Å². The summed E-state index contributed by atoms with van der Waals surface area (Å²) < 4.78 is 37.9. The van der Waals surface area contributed by atoms with Crippen molar-refractivity contribution in [2.24, 2.45) is 5.41 Å². The summed E-state index contributed by atoms with van der Waals surface area (Å²) in [5.74, 6) is -1.30. The molecule has 18 heteroatoms. The molecule has 1 aromatic carbocycles. The van der Waals surface area contributed by atoms with E-state index < -0.39 is 47.1 Å². The second-order valence-electron chi connectivity index (χ2n) is 16.0. The molecule has 1 aliphatic heterocycles. The van der Waals surface area contributed by atoms with E-state index in [1.807, 2.05) is 57.5 Å². The summed E-state index contributed by atoms with van der Waals surface area (Å²) in [6.07, 6.45) is -1.24. The molecule has 0 unspecified atom stereocenters. The first-order chi connectivity index (χ1) is 28.0. The maximum Gasteiger partial charge on any atom is 0.407 e. The van der Waals surface area contributed by atoms with Gasteiger partial charge in [0.05, 0.1) is 94.9 Å². The van der Waals surface area contributed by atoms with E-state index in [2.05, 4.69) is 20.9 Å². The Hall–Kier alpha value is -3.75. The summed E-state index contributed by atoms with van der Waals surface area (Å²) >= 11 is 1.57. The minimum absolute atomic E-state index is 0.0146. The van der Waals surface area contributed by atoms with Gasteiger partial charge in [-0.05, 0) is 44.2 Å². The fourth-order valence-corrected chi connectivity index (χ4v) is 6.60. The van der Waals surface area contributed by atoms with Crippen molar-refractivity contribution in [1.82, 2.24) is 25.8 Å². The van der Waals surface area contributed by atoms with E-state index in [4.69, 9.17) is 33.2 Å². The van der Waals surface area contributed by atoms with E-state index in [0.717, 1.165) is 21.7 Å². The fourth-order valence-electron chi connectivity index (χ4n) is 5.79. The number of thiazole rings is 1. The summed E-state index contributed by atoms with van der Waals surface area (Å²) in [6.45, 7) is 17.1. The van der Waals surface area contributed by atoms with Gasteiger partial charge in [-0.2, -0.15) is 0 Å². The van der Waals surface area contributed by atoms with E-state index in [1.54, 1.807) is 32.1 Å². The Morgan fingerprint density at radius 1 is 0.814 bits per heavy atom. The second-order valence-corrected chi connectivity index (χ2v) is 16.8. The monoisotopic (exact) mass is 851 g/mol. The van der Waals surface area contributed by atoms with Crippen molar-refractivity contribution in [1.29, 1.82) is 0 Å². The molecule has 2 aromatic rings. The number of β-amino-alcohol motifs (C(OH)–C–C–N with tert-alkyl or cyclic N) is 1. The molecule has 1 saturated heterocycles. The van der Waals surface area contributed by atoms with Crippen molar-refractivity contribution in [3.8, 4) is 10.4 Å². The van der Waals surface area contributed by atoms with E-state index in [1.165, 1.54) is 4.90 Å². The number of aliphatic hydroxyl groups is 1. The molecule has 17 nitrogen and oxygen atoms in total. The van der Waals surface area contributed by atoms with E-state index in [0.29, 0.717) is 66.0 Å². The zero-order valence-corrected chi connectivity index (χ0v) is 36.5. The van der Waals surface area contributed by atoms with Crippen LogP contribution in [0, 0.1) is 12.3 Å². The standard InChI is InChI=1S/C41H65N5O12S/c1-29-35(59-28-44-29)31-10-8-30(9-11-31)25-43-37(49)33-24-32(47)26-46(33)38(50)36(40(2,3)4)45-34(48)27-57-23-22-56-21-20-55-19-18-54-17-16-53-15-14-52-13-12-42-39(51)58-41(5,6)7/h8-11,28,32-33,36,47H,12-27H2,1-7H3,(H,42,51)(H,43,49)(H,45,48)/t32-,33+,36-/m1/s1. The average molecular weight is 852 g/mol.